The van der Waals surface area contributed by atoms with Crippen LogP contribution in [-0.2, 0) is 7.05 Å². The largest absolute Gasteiger partial charge is 0.395 e. The molecule has 0 saturated carbocycles. The number of hydrogen-bond donors (Lipinski definition) is 2. The van der Waals surface area contributed by atoms with Gasteiger partial charge in [-0.2, -0.15) is 0 Å². The third-order valence-electron chi connectivity index (χ3n) is 4.48. The van der Waals surface area contributed by atoms with Crippen LogP contribution in [0.5, 0.6) is 0 Å². The molecule has 146 valence electrons. The van der Waals surface area contributed by atoms with Gasteiger partial charge >= 0.3 is 0 Å². The number of aliphatic hydroxyl groups is 1. The van der Waals surface area contributed by atoms with E-state index in [9.17, 15) is 23.1 Å². The van der Waals surface area contributed by atoms with Crippen LogP contribution >= 0.6 is 11.9 Å². The fraction of sp³-hybridized carbons (Fsp3) is 0.389. The number of aromatic nitrogens is 1. The Kier molecular flexibility index (Phi) is 6.13. The van der Waals surface area contributed by atoms with E-state index in [-0.39, 0.29) is 28.9 Å². The van der Waals surface area contributed by atoms with Gasteiger partial charge in [0.05, 0.1) is 11.5 Å². The van der Waals surface area contributed by atoms with E-state index in [4.69, 9.17) is 0 Å². The van der Waals surface area contributed by atoms with Crippen molar-refractivity contribution in [2.75, 3.05) is 18.5 Å². The molecule has 1 atom stereocenters. The number of amides is 1. The Morgan fingerprint density at radius 3 is 2.78 bits per heavy atom. The van der Waals surface area contributed by atoms with Crippen molar-refractivity contribution in [1.29, 1.82) is 0 Å². The predicted molar refractivity (Wildman–Crippen MR) is 97.0 cm³/mol. The van der Waals surface area contributed by atoms with Crippen molar-refractivity contribution in [1.82, 2.24) is 8.87 Å². The standard InChI is InChI=1S/C18H20F3N3O2S/c1-23-9-15(27-24-7-3-2-4-12(24)10-25)16(21)17(23)18(26)22-11-5-6-13(19)14(20)8-11/h5-6,8-9,12,25H,2-4,7,10H2,1H3,(H,22,26). The molecule has 0 spiro atoms. The highest BCUT2D eigenvalue weighted by Crippen LogP contribution is 2.33. The topological polar surface area (TPSA) is 57.5 Å². The molecule has 0 aliphatic carbocycles. The summed E-state index contributed by atoms with van der Waals surface area (Å²) in [6.45, 7) is 0.714. The molecule has 2 N–H and O–H groups in total. The molecular formula is C18H20F3N3O2S. The Morgan fingerprint density at radius 2 is 2.07 bits per heavy atom. The first-order chi connectivity index (χ1) is 12.9. The van der Waals surface area contributed by atoms with Gasteiger partial charge in [-0.1, -0.05) is 6.42 Å². The van der Waals surface area contributed by atoms with E-state index in [1.54, 1.807) is 0 Å². The van der Waals surface area contributed by atoms with E-state index in [1.807, 2.05) is 4.31 Å². The van der Waals surface area contributed by atoms with E-state index >= 15 is 0 Å². The zero-order valence-electron chi connectivity index (χ0n) is 14.7. The molecule has 1 unspecified atom stereocenters. The number of hydrogen-bond acceptors (Lipinski definition) is 4. The van der Waals surface area contributed by atoms with Crippen molar-refractivity contribution in [2.24, 2.45) is 7.05 Å². The van der Waals surface area contributed by atoms with Crippen molar-refractivity contribution in [2.45, 2.75) is 30.2 Å². The highest BCUT2D eigenvalue weighted by atomic mass is 32.2. The first-order valence-corrected chi connectivity index (χ1v) is 9.34. The van der Waals surface area contributed by atoms with Crippen LogP contribution in [0.2, 0.25) is 0 Å². The van der Waals surface area contributed by atoms with Gasteiger partial charge in [0.15, 0.2) is 17.5 Å². The number of aryl methyl sites for hydroxylation is 1. The molecule has 2 aromatic rings. The maximum Gasteiger partial charge on any atom is 0.275 e. The van der Waals surface area contributed by atoms with Crippen molar-refractivity contribution in [3.8, 4) is 0 Å². The zero-order valence-corrected chi connectivity index (χ0v) is 15.5. The van der Waals surface area contributed by atoms with E-state index in [1.165, 1.54) is 35.8 Å². The SMILES string of the molecule is Cn1cc(SN2CCCCC2CO)c(F)c1C(=O)Nc1ccc(F)c(F)c1. The summed E-state index contributed by atoms with van der Waals surface area (Å²) in [5.41, 5.74) is -0.176. The van der Waals surface area contributed by atoms with E-state index in [2.05, 4.69) is 5.32 Å². The quantitative estimate of drug-likeness (QED) is 0.755. The maximum absolute atomic E-state index is 14.9. The van der Waals surface area contributed by atoms with Gasteiger partial charge in [0.2, 0.25) is 0 Å². The lowest BCUT2D eigenvalue weighted by molar-refractivity contribution is 0.101. The van der Waals surface area contributed by atoms with Crippen LogP contribution in [0.4, 0.5) is 18.9 Å². The number of carbonyl (C=O) groups excluding carboxylic acids is 1. The number of benzene rings is 1. The zero-order chi connectivity index (χ0) is 19.6. The van der Waals surface area contributed by atoms with Crippen LogP contribution in [0.25, 0.3) is 0 Å². The Hall–Kier alpha value is -1.97. The second-order valence-corrected chi connectivity index (χ2v) is 7.51. The molecule has 2 heterocycles. The first kappa shape index (κ1) is 19.8. The summed E-state index contributed by atoms with van der Waals surface area (Å²) in [5, 5.41) is 11.9. The molecule has 1 aliphatic heterocycles. The van der Waals surface area contributed by atoms with Crippen molar-refractivity contribution >= 4 is 23.5 Å². The molecule has 0 radical (unpaired) electrons. The number of nitrogens with zero attached hydrogens (tertiary/aromatic N) is 2. The predicted octanol–water partition coefficient (Wildman–Crippen LogP) is 3.55. The Labute approximate surface area is 159 Å². The van der Waals surface area contributed by atoms with E-state index < -0.39 is 23.4 Å². The van der Waals surface area contributed by atoms with Crippen LogP contribution in [-0.4, -0.2) is 39.1 Å². The van der Waals surface area contributed by atoms with Gasteiger partial charge in [-0.3, -0.25) is 4.79 Å². The third-order valence-corrected chi connectivity index (χ3v) is 5.68. The van der Waals surface area contributed by atoms with E-state index in [0.29, 0.717) is 0 Å². The van der Waals surface area contributed by atoms with Crippen LogP contribution in [0, 0.1) is 17.5 Å². The van der Waals surface area contributed by atoms with Crippen LogP contribution in [0.15, 0.2) is 29.3 Å². The number of piperidine rings is 1. The molecule has 1 saturated heterocycles. The summed E-state index contributed by atoms with van der Waals surface area (Å²) in [4.78, 5) is 12.7. The normalized spacial score (nSPS) is 17.9. The van der Waals surface area contributed by atoms with Crippen molar-refractivity contribution in [3.05, 3.63) is 47.5 Å². The smallest absolute Gasteiger partial charge is 0.275 e. The molecule has 1 aliphatic rings. The molecule has 3 rings (SSSR count). The molecule has 0 bridgehead atoms. The van der Waals surface area contributed by atoms with Gasteiger partial charge in [0.25, 0.3) is 5.91 Å². The lowest BCUT2D eigenvalue weighted by Gasteiger charge is -2.32. The number of rotatable bonds is 5. The third kappa shape index (κ3) is 4.31. The summed E-state index contributed by atoms with van der Waals surface area (Å²) in [6, 6.07) is 2.87. The van der Waals surface area contributed by atoms with Crippen LogP contribution in [0.3, 0.4) is 0 Å². The number of anilines is 1. The minimum atomic E-state index is -1.10. The maximum atomic E-state index is 14.9. The fourth-order valence-electron chi connectivity index (χ4n) is 3.06. The van der Waals surface area contributed by atoms with Crippen molar-refractivity contribution in [3.63, 3.8) is 0 Å². The summed E-state index contributed by atoms with van der Waals surface area (Å²) in [7, 11) is 1.53. The second-order valence-electron chi connectivity index (χ2n) is 6.41. The summed E-state index contributed by atoms with van der Waals surface area (Å²) < 4.78 is 44.4. The summed E-state index contributed by atoms with van der Waals surface area (Å²) in [5.74, 6) is -3.58. The monoisotopic (exact) mass is 399 g/mol. The Morgan fingerprint density at radius 1 is 1.30 bits per heavy atom. The van der Waals surface area contributed by atoms with Gasteiger partial charge in [-0.15, -0.1) is 0 Å². The molecule has 1 aromatic heterocycles. The van der Waals surface area contributed by atoms with Crippen molar-refractivity contribution < 1.29 is 23.1 Å². The molecule has 1 fully saturated rings. The molecule has 1 aromatic carbocycles. The minimum Gasteiger partial charge on any atom is -0.395 e. The fourth-order valence-corrected chi connectivity index (χ4v) is 4.24. The minimum absolute atomic E-state index is 0.00900. The number of carbonyl (C=O) groups is 1. The summed E-state index contributed by atoms with van der Waals surface area (Å²) in [6.07, 6.45) is 4.31. The molecule has 27 heavy (non-hydrogen) atoms. The van der Waals surface area contributed by atoms with Crippen LogP contribution in [0.1, 0.15) is 29.8 Å². The molecular weight excluding hydrogens is 379 g/mol. The Balaban J connectivity index is 1.78. The number of nitrogens with one attached hydrogen (secondary N) is 1. The highest BCUT2D eigenvalue weighted by molar-refractivity contribution is 7.97. The number of halogens is 3. The molecule has 5 nitrogen and oxygen atoms in total. The van der Waals surface area contributed by atoms with Crippen LogP contribution < -0.4 is 5.32 Å². The van der Waals surface area contributed by atoms with Gasteiger partial charge in [0, 0.05) is 37.6 Å². The highest BCUT2D eigenvalue weighted by Gasteiger charge is 2.27. The van der Waals surface area contributed by atoms with Gasteiger partial charge < -0.3 is 15.0 Å². The number of aliphatic hydroxyl groups excluding tert-OH is 1. The second kappa shape index (κ2) is 8.37. The lowest BCUT2D eigenvalue weighted by atomic mass is 10.1. The van der Waals surface area contributed by atoms with Gasteiger partial charge in [0.1, 0.15) is 5.69 Å². The first-order valence-electron chi connectivity index (χ1n) is 8.57. The molecule has 9 heteroatoms. The average Bonchev–Trinajstić information content (AvgIpc) is 2.92. The van der Waals surface area contributed by atoms with Gasteiger partial charge in [-0.05, 0) is 36.9 Å². The lowest BCUT2D eigenvalue weighted by Crippen LogP contribution is -2.36. The Bertz CT molecular complexity index is 843. The average molecular weight is 399 g/mol. The molecule has 1 amide bonds. The summed E-state index contributed by atoms with van der Waals surface area (Å²) >= 11 is 1.17. The van der Waals surface area contributed by atoms with E-state index in [0.717, 1.165) is 37.9 Å². The van der Waals surface area contributed by atoms with Gasteiger partial charge in [-0.25, -0.2) is 17.5 Å².